The van der Waals surface area contributed by atoms with E-state index in [1.54, 1.807) is 6.07 Å². The number of esters is 1. The highest BCUT2D eigenvalue weighted by Gasteiger charge is 2.48. The molecule has 1 aliphatic carbocycles. The normalized spacial score (nSPS) is 21.6. The maximum absolute atomic E-state index is 12.5. The minimum absolute atomic E-state index is 0.123. The largest absolute Gasteiger partial charge is 0.497 e. The molecule has 0 spiro atoms. The van der Waals surface area contributed by atoms with E-state index in [0.29, 0.717) is 18.6 Å². The molecule has 0 aromatic heterocycles. The van der Waals surface area contributed by atoms with Crippen molar-refractivity contribution in [2.24, 2.45) is 11.8 Å². The standard InChI is InChI=1S/C19H22N2O6/c1-26-11-7-8-15(14(9-11)19(25)27-2)20-16(22)10-21-17(23)12-5-3-4-6-13(12)18(21)24/h7-9,12-13H,3-6,10H2,1-2H3,(H,20,22)/t12-,13-/m1/s1. The molecule has 2 fully saturated rings. The summed E-state index contributed by atoms with van der Waals surface area (Å²) in [5.41, 5.74) is 0.349. The average molecular weight is 374 g/mol. The van der Waals surface area contributed by atoms with Gasteiger partial charge >= 0.3 is 5.97 Å². The van der Waals surface area contributed by atoms with Gasteiger partial charge in [0.2, 0.25) is 17.7 Å². The SMILES string of the molecule is COC(=O)c1cc(OC)ccc1NC(=O)CN1C(=O)[C@@H]2CCCC[C@H]2C1=O. The number of hydrogen-bond donors (Lipinski definition) is 1. The number of fused-ring (bicyclic) bond motifs is 1. The van der Waals surface area contributed by atoms with Crippen LogP contribution >= 0.6 is 0 Å². The molecule has 1 saturated heterocycles. The summed E-state index contributed by atoms with van der Waals surface area (Å²) in [6.07, 6.45) is 3.24. The van der Waals surface area contributed by atoms with Gasteiger partial charge in [0, 0.05) is 0 Å². The van der Waals surface area contributed by atoms with Gasteiger partial charge in [-0.3, -0.25) is 19.3 Å². The van der Waals surface area contributed by atoms with E-state index in [2.05, 4.69) is 5.32 Å². The first-order valence-corrected chi connectivity index (χ1v) is 8.87. The first-order valence-electron chi connectivity index (χ1n) is 8.87. The van der Waals surface area contributed by atoms with Gasteiger partial charge in [0.25, 0.3) is 0 Å². The Bertz CT molecular complexity index is 766. The van der Waals surface area contributed by atoms with Crippen LogP contribution in [0, 0.1) is 11.8 Å². The van der Waals surface area contributed by atoms with Crippen LogP contribution in [-0.2, 0) is 19.1 Å². The number of hydrogen-bond acceptors (Lipinski definition) is 6. The second-order valence-corrected chi connectivity index (χ2v) is 6.71. The molecule has 8 heteroatoms. The molecule has 0 unspecified atom stereocenters. The van der Waals surface area contributed by atoms with Gasteiger partial charge in [-0.15, -0.1) is 0 Å². The second kappa shape index (κ2) is 7.77. The molecule has 1 heterocycles. The third-order valence-electron chi connectivity index (χ3n) is 5.14. The van der Waals surface area contributed by atoms with E-state index in [1.807, 2.05) is 0 Å². The van der Waals surface area contributed by atoms with Crippen molar-refractivity contribution in [3.8, 4) is 5.75 Å². The minimum atomic E-state index is -0.636. The fraction of sp³-hybridized carbons (Fsp3) is 0.474. The van der Waals surface area contributed by atoms with Crippen molar-refractivity contribution in [1.29, 1.82) is 0 Å². The highest BCUT2D eigenvalue weighted by molar-refractivity contribution is 6.09. The van der Waals surface area contributed by atoms with Crippen molar-refractivity contribution in [3.63, 3.8) is 0 Å². The average Bonchev–Trinajstić information content (AvgIpc) is 2.93. The molecule has 2 aliphatic rings. The molecule has 0 radical (unpaired) electrons. The van der Waals surface area contributed by atoms with Crippen LogP contribution in [0.25, 0.3) is 0 Å². The number of amides is 3. The Morgan fingerprint density at radius 2 is 1.74 bits per heavy atom. The number of imide groups is 1. The van der Waals surface area contributed by atoms with Gasteiger partial charge in [0.05, 0.1) is 37.3 Å². The topological polar surface area (TPSA) is 102 Å². The Hall–Kier alpha value is -2.90. The van der Waals surface area contributed by atoms with Crippen molar-refractivity contribution in [1.82, 2.24) is 4.90 Å². The van der Waals surface area contributed by atoms with Gasteiger partial charge in [-0.2, -0.15) is 0 Å². The van der Waals surface area contributed by atoms with Gasteiger partial charge in [-0.05, 0) is 31.0 Å². The molecule has 2 atom stereocenters. The Morgan fingerprint density at radius 1 is 1.11 bits per heavy atom. The summed E-state index contributed by atoms with van der Waals surface area (Å²) in [5.74, 6) is -1.90. The number of benzene rings is 1. The molecular formula is C19H22N2O6. The third-order valence-corrected chi connectivity index (χ3v) is 5.14. The van der Waals surface area contributed by atoms with Crippen LogP contribution in [0.2, 0.25) is 0 Å². The van der Waals surface area contributed by atoms with Gasteiger partial charge in [-0.25, -0.2) is 4.79 Å². The van der Waals surface area contributed by atoms with Gasteiger partial charge < -0.3 is 14.8 Å². The maximum atomic E-state index is 12.5. The summed E-state index contributed by atoms with van der Waals surface area (Å²) in [7, 11) is 2.69. The van der Waals surface area contributed by atoms with Crippen LogP contribution in [0.5, 0.6) is 5.75 Å². The Balaban J connectivity index is 1.73. The molecular weight excluding hydrogens is 352 g/mol. The van der Waals surface area contributed by atoms with Crippen molar-refractivity contribution in [2.75, 3.05) is 26.1 Å². The lowest BCUT2D eigenvalue weighted by molar-refractivity contribution is -0.142. The molecule has 3 rings (SSSR count). The predicted octanol–water partition coefficient (Wildman–Crippen LogP) is 1.60. The van der Waals surface area contributed by atoms with E-state index < -0.39 is 11.9 Å². The Labute approximate surface area is 156 Å². The fourth-order valence-corrected chi connectivity index (χ4v) is 3.76. The Kier molecular flexibility index (Phi) is 5.43. The third kappa shape index (κ3) is 3.65. The number of likely N-dealkylation sites (tertiary alicyclic amines) is 1. The highest BCUT2D eigenvalue weighted by Crippen LogP contribution is 2.37. The lowest BCUT2D eigenvalue weighted by Gasteiger charge is -2.19. The number of nitrogens with one attached hydrogen (secondary N) is 1. The van der Waals surface area contributed by atoms with E-state index >= 15 is 0 Å². The molecule has 1 saturated carbocycles. The molecule has 0 bridgehead atoms. The quantitative estimate of drug-likeness (QED) is 0.620. The Morgan fingerprint density at radius 3 is 2.30 bits per heavy atom. The molecule has 144 valence electrons. The lowest BCUT2D eigenvalue weighted by atomic mass is 9.81. The fourth-order valence-electron chi connectivity index (χ4n) is 3.76. The molecule has 1 aliphatic heterocycles. The first kappa shape index (κ1) is 18.9. The summed E-state index contributed by atoms with van der Waals surface area (Å²) >= 11 is 0. The monoisotopic (exact) mass is 374 g/mol. The van der Waals surface area contributed by atoms with E-state index in [9.17, 15) is 19.2 Å². The molecule has 1 N–H and O–H groups in total. The lowest BCUT2D eigenvalue weighted by Crippen LogP contribution is -2.38. The van der Waals surface area contributed by atoms with Crippen molar-refractivity contribution < 1.29 is 28.7 Å². The second-order valence-electron chi connectivity index (χ2n) is 6.71. The van der Waals surface area contributed by atoms with Crippen molar-refractivity contribution in [3.05, 3.63) is 23.8 Å². The number of anilines is 1. The number of ether oxygens (including phenoxy) is 2. The van der Waals surface area contributed by atoms with E-state index in [1.165, 1.54) is 26.4 Å². The van der Waals surface area contributed by atoms with Crippen LogP contribution < -0.4 is 10.1 Å². The van der Waals surface area contributed by atoms with Gasteiger partial charge in [0.1, 0.15) is 12.3 Å². The zero-order valence-corrected chi connectivity index (χ0v) is 15.3. The minimum Gasteiger partial charge on any atom is -0.497 e. The first-order chi connectivity index (χ1) is 13.0. The van der Waals surface area contributed by atoms with Gasteiger partial charge in [-0.1, -0.05) is 12.8 Å². The zero-order valence-electron chi connectivity index (χ0n) is 15.3. The van der Waals surface area contributed by atoms with Crippen LogP contribution in [-0.4, -0.2) is 49.4 Å². The summed E-state index contributed by atoms with van der Waals surface area (Å²) in [6.45, 7) is -0.364. The molecule has 27 heavy (non-hydrogen) atoms. The summed E-state index contributed by atoms with van der Waals surface area (Å²) in [4.78, 5) is 50.4. The van der Waals surface area contributed by atoms with E-state index in [4.69, 9.17) is 9.47 Å². The smallest absolute Gasteiger partial charge is 0.340 e. The van der Waals surface area contributed by atoms with Crippen molar-refractivity contribution >= 4 is 29.4 Å². The maximum Gasteiger partial charge on any atom is 0.340 e. The van der Waals surface area contributed by atoms with Gasteiger partial charge in [0.15, 0.2) is 0 Å². The van der Waals surface area contributed by atoms with Crippen LogP contribution in [0.15, 0.2) is 18.2 Å². The van der Waals surface area contributed by atoms with E-state index in [-0.39, 0.29) is 41.4 Å². The van der Waals surface area contributed by atoms with Crippen LogP contribution in [0.1, 0.15) is 36.0 Å². The number of rotatable bonds is 5. The molecule has 3 amide bonds. The van der Waals surface area contributed by atoms with Crippen LogP contribution in [0.3, 0.4) is 0 Å². The predicted molar refractivity (Wildman–Crippen MR) is 95.1 cm³/mol. The molecule has 1 aromatic carbocycles. The number of carbonyl (C=O) groups is 4. The number of carbonyl (C=O) groups excluding carboxylic acids is 4. The number of nitrogens with zero attached hydrogens (tertiary/aromatic N) is 1. The summed E-state index contributed by atoms with van der Waals surface area (Å²) in [6, 6.07) is 4.54. The molecule has 1 aromatic rings. The van der Waals surface area contributed by atoms with Crippen molar-refractivity contribution in [2.45, 2.75) is 25.7 Å². The highest BCUT2D eigenvalue weighted by atomic mass is 16.5. The van der Waals surface area contributed by atoms with E-state index in [0.717, 1.165) is 17.7 Å². The van der Waals surface area contributed by atoms with Crippen LogP contribution in [0.4, 0.5) is 5.69 Å². The summed E-state index contributed by atoms with van der Waals surface area (Å²) < 4.78 is 9.81. The number of methoxy groups -OCH3 is 2. The molecule has 8 nitrogen and oxygen atoms in total. The summed E-state index contributed by atoms with van der Waals surface area (Å²) in [5, 5.41) is 2.58. The zero-order chi connectivity index (χ0) is 19.6.